The van der Waals surface area contributed by atoms with E-state index < -0.39 is 0 Å². The van der Waals surface area contributed by atoms with Gasteiger partial charge in [-0.3, -0.25) is 4.79 Å². The van der Waals surface area contributed by atoms with Gasteiger partial charge in [0.05, 0.1) is 6.20 Å². The number of carbonyl (C=O) groups is 1. The summed E-state index contributed by atoms with van der Waals surface area (Å²) in [5, 5.41) is 7.10. The van der Waals surface area contributed by atoms with Crippen LogP contribution in [0.25, 0.3) is 0 Å². The number of hydrogen-bond acceptors (Lipinski definition) is 4. The first kappa shape index (κ1) is 6.73. The molecule has 0 bridgehead atoms. The lowest BCUT2D eigenvalue weighted by Gasteiger charge is -1.98. The molecule has 0 unspecified atom stereocenters. The summed E-state index contributed by atoms with van der Waals surface area (Å²) in [6.45, 7) is 1.48. The number of esters is 1. The van der Waals surface area contributed by atoms with E-state index in [0.717, 1.165) is 0 Å². The molecule has 0 spiro atoms. The Bertz CT molecular complexity index is 207. The molecule has 0 fully saturated rings. The summed E-state index contributed by atoms with van der Waals surface area (Å²) < 4.78 is 6.03. The minimum absolute atomic E-state index is 0.134. The first-order valence-electron chi connectivity index (χ1n) is 2.76. The van der Waals surface area contributed by atoms with Crippen molar-refractivity contribution in [3.8, 4) is 0 Å². The quantitative estimate of drug-likeness (QED) is 0.535. The van der Waals surface area contributed by atoms with Crippen LogP contribution in [0.3, 0.4) is 0 Å². The van der Waals surface area contributed by atoms with Crippen molar-refractivity contribution in [3.05, 3.63) is 12.4 Å². The van der Waals surface area contributed by atoms with Crippen LogP contribution >= 0.6 is 0 Å². The van der Waals surface area contributed by atoms with Crippen molar-refractivity contribution in [1.29, 1.82) is 0 Å². The SMILES string of the molecule is CC(=O)OCn1ccnn1. The fraction of sp³-hybridized carbons (Fsp3) is 0.400. The van der Waals surface area contributed by atoms with Gasteiger partial charge in [0.15, 0.2) is 6.73 Å². The zero-order valence-electron chi connectivity index (χ0n) is 5.52. The van der Waals surface area contributed by atoms with E-state index in [0.29, 0.717) is 0 Å². The minimum Gasteiger partial charge on any atom is -0.442 e. The van der Waals surface area contributed by atoms with E-state index in [1.165, 1.54) is 17.8 Å². The summed E-state index contributed by atoms with van der Waals surface area (Å²) in [5.41, 5.74) is 0. The summed E-state index contributed by atoms with van der Waals surface area (Å²) in [5.74, 6) is -0.324. The molecular formula is C5H7N3O2. The van der Waals surface area contributed by atoms with E-state index in [2.05, 4.69) is 15.0 Å². The van der Waals surface area contributed by atoms with E-state index >= 15 is 0 Å². The maximum Gasteiger partial charge on any atom is 0.304 e. The second-order valence-corrected chi connectivity index (χ2v) is 1.71. The molecule has 0 radical (unpaired) electrons. The molecule has 0 N–H and O–H groups in total. The van der Waals surface area contributed by atoms with Crippen LogP contribution in [0.1, 0.15) is 6.92 Å². The fourth-order valence-electron chi connectivity index (χ4n) is 0.459. The van der Waals surface area contributed by atoms with Crippen LogP contribution in [0, 0.1) is 0 Å². The Kier molecular flexibility index (Phi) is 1.99. The third-order valence-electron chi connectivity index (χ3n) is 0.872. The van der Waals surface area contributed by atoms with Gasteiger partial charge in [0.1, 0.15) is 0 Å². The maximum absolute atomic E-state index is 10.3. The van der Waals surface area contributed by atoms with E-state index in [1.807, 2.05) is 0 Å². The van der Waals surface area contributed by atoms with Crippen LogP contribution in [0.15, 0.2) is 12.4 Å². The number of nitrogens with zero attached hydrogens (tertiary/aromatic N) is 3. The molecule has 5 heteroatoms. The molecule has 0 atom stereocenters. The molecule has 1 aromatic heterocycles. The van der Waals surface area contributed by atoms with Gasteiger partial charge in [0.2, 0.25) is 0 Å². The molecule has 1 heterocycles. The number of rotatable bonds is 2. The molecule has 1 rings (SSSR count). The summed E-state index contributed by atoms with van der Waals surface area (Å²) in [7, 11) is 0. The van der Waals surface area contributed by atoms with Crippen molar-refractivity contribution < 1.29 is 9.53 Å². The van der Waals surface area contributed by atoms with Gasteiger partial charge < -0.3 is 4.74 Å². The molecule has 10 heavy (non-hydrogen) atoms. The van der Waals surface area contributed by atoms with Crippen LogP contribution in [0.2, 0.25) is 0 Å². The van der Waals surface area contributed by atoms with Gasteiger partial charge in [0.25, 0.3) is 0 Å². The highest BCUT2D eigenvalue weighted by Crippen LogP contribution is 1.83. The van der Waals surface area contributed by atoms with E-state index in [9.17, 15) is 4.79 Å². The summed E-state index contributed by atoms with van der Waals surface area (Å²) >= 11 is 0. The number of ether oxygens (including phenoxy) is 1. The monoisotopic (exact) mass is 141 g/mol. The molecule has 0 aliphatic rings. The Morgan fingerprint density at radius 1 is 1.80 bits per heavy atom. The van der Waals surface area contributed by atoms with Crippen LogP contribution < -0.4 is 0 Å². The maximum atomic E-state index is 10.3. The van der Waals surface area contributed by atoms with Gasteiger partial charge in [-0.2, -0.15) is 0 Å². The number of carbonyl (C=O) groups excluding carboxylic acids is 1. The van der Waals surface area contributed by atoms with Crippen molar-refractivity contribution in [3.63, 3.8) is 0 Å². The van der Waals surface area contributed by atoms with Gasteiger partial charge in [-0.05, 0) is 0 Å². The molecule has 0 saturated carbocycles. The van der Waals surface area contributed by atoms with Crippen LogP contribution in [-0.4, -0.2) is 21.0 Å². The van der Waals surface area contributed by atoms with Gasteiger partial charge in [0, 0.05) is 13.1 Å². The molecule has 0 amide bonds. The lowest BCUT2D eigenvalue weighted by molar-refractivity contribution is -0.145. The Hall–Kier alpha value is -1.39. The zero-order valence-corrected chi connectivity index (χ0v) is 5.52. The molecule has 0 aliphatic heterocycles. The van der Waals surface area contributed by atoms with Gasteiger partial charge in [-0.1, -0.05) is 5.21 Å². The molecular weight excluding hydrogens is 134 g/mol. The average molecular weight is 141 g/mol. The van der Waals surface area contributed by atoms with Crippen LogP contribution in [0.4, 0.5) is 0 Å². The van der Waals surface area contributed by atoms with E-state index in [-0.39, 0.29) is 12.7 Å². The summed E-state index contributed by atoms with van der Waals surface area (Å²) in [6, 6.07) is 0. The molecule has 54 valence electrons. The first-order chi connectivity index (χ1) is 4.79. The smallest absolute Gasteiger partial charge is 0.304 e. The molecule has 5 nitrogen and oxygen atoms in total. The number of aromatic nitrogens is 3. The summed E-state index contributed by atoms with van der Waals surface area (Å²) in [4.78, 5) is 10.3. The van der Waals surface area contributed by atoms with Crippen molar-refractivity contribution in [1.82, 2.24) is 15.0 Å². The van der Waals surface area contributed by atoms with Crippen molar-refractivity contribution >= 4 is 5.97 Å². The van der Waals surface area contributed by atoms with Crippen LogP contribution in [-0.2, 0) is 16.3 Å². The second-order valence-electron chi connectivity index (χ2n) is 1.71. The molecule has 0 saturated heterocycles. The normalized spacial score (nSPS) is 9.30. The standard InChI is InChI=1S/C5H7N3O2/c1-5(9)10-4-8-3-2-6-7-8/h2-3H,4H2,1H3. The molecule has 1 aromatic rings. The molecule has 0 aromatic carbocycles. The van der Waals surface area contributed by atoms with E-state index in [1.54, 1.807) is 6.20 Å². The van der Waals surface area contributed by atoms with Crippen molar-refractivity contribution in [2.75, 3.05) is 0 Å². The highest BCUT2D eigenvalue weighted by atomic mass is 16.5. The third kappa shape index (κ3) is 1.85. The summed E-state index contributed by atoms with van der Waals surface area (Å²) in [6.07, 6.45) is 3.13. The third-order valence-corrected chi connectivity index (χ3v) is 0.872. The number of hydrogen-bond donors (Lipinski definition) is 0. The van der Waals surface area contributed by atoms with Gasteiger partial charge >= 0.3 is 5.97 Å². The van der Waals surface area contributed by atoms with Crippen molar-refractivity contribution in [2.45, 2.75) is 13.7 Å². The predicted molar refractivity (Wildman–Crippen MR) is 31.8 cm³/mol. The first-order valence-corrected chi connectivity index (χ1v) is 2.76. The zero-order chi connectivity index (χ0) is 7.40. The Balaban J connectivity index is 2.35. The Labute approximate surface area is 57.6 Å². The Morgan fingerprint density at radius 3 is 3.10 bits per heavy atom. The highest BCUT2D eigenvalue weighted by molar-refractivity contribution is 5.65. The second kappa shape index (κ2) is 2.95. The predicted octanol–water partition coefficient (Wildman–Crippen LogP) is -0.201. The average Bonchev–Trinajstić information content (AvgIpc) is 2.34. The van der Waals surface area contributed by atoms with Crippen molar-refractivity contribution in [2.24, 2.45) is 0 Å². The Morgan fingerprint density at radius 2 is 2.60 bits per heavy atom. The van der Waals surface area contributed by atoms with Gasteiger partial charge in [-0.15, -0.1) is 5.10 Å². The topological polar surface area (TPSA) is 57.0 Å². The lowest BCUT2D eigenvalue weighted by atomic mass is 10.8. The highest BCUT2D eigenvalue weighted by Gasteiger charge is 1.92. The largest absolute Gasteiger partial charge is 0.442 e. The minimum atomic E-state index is -0.324. The van der Waals surface area contributed by atoms with Gasteiger partial charge in [-0.25, -0.2) is 4.68 Å². The molecule has 0 aliphatic carbocycles. The van der Waals surface area contributed by atoms with E-state index in [4.69, 9.17) is 0 Å². The lowest BCUT2D eigenvalue weighted by Crippen LogP contribution is -2.06. The fourth-order valence-corrected chi connectivity index (χ4v) is 0.459. The van der Waals surface area contributed by atoms with Crippen LogP contribution in [0.5, 0.6) is 0 Å².